The summed E-state index contributed by atoms with van der Waals surface area (Å²) in [6, 6.07) is 14.7. The number of halogens is 1. The highest BCUT2D eigenvalue weighted by molar-refractivity contribution is 6.30. The van der Waals surface area contributed by atoms with Crippen LogP contribution in [0.1, 0.15) is 44.1 Å². The van der Waals surface area contributed by atoms with Gasteiger partial charge in [0.2, 0.25) is 5.91 Å². The first kappa shape index (κ1) is 23.5. The largest absolute Gasteiger partial charge is 0.495 e. The van der Waals surface area contributed by atoms with E-state index in [0.717, 1.165) is 75.5 Å². The van der Waals surface area contributed by atoms with E-state index in [1.165, 1.54) is 24.8 Å². The highest BCUT2D eigenvalue weighted by Crippen LogP contribution is 2.36. The lowest BCUT2D eigenvalue weighted by Crippen LogP contribution is -2.55. The Morgan fingerprint density at radius 3 is 2.50 bits per heavy atom. The first-order chi connectivity index (χ1) is 16.6. The van der Waals surface area contributed by atoms with Crippen molar-refractivity contribution < 1.29 is 9.53 Å². The maximum absolute atomic E-state index is 13.8. The van der Waals surface area contributed by atoms with Crippen molar-refractivity contribution in [2.24, 2.45) is 5.92 Å². The number of nitrogens with zero attached hydrogens (tertiary/aromatic N) is 3. The lowest BCUT2D eigenvalue weighted by Gasteiger charge is -2.44. The number of fused-ring (bicyclic) bond motifs is 1. The summed E-state index contributed by atoms with van der Waals surface area (Å²) in [6.45, 7) is 4.79. The Hall–Kier alpha value is -2.24. The molecule has 0 aromatic heterocycles. The van der Waals surface area contributed by atoms with E-state index in [4.69, 9.17) is 16.3 Å². The quantitative estimate of drug-likeness (QED) is 0.573. The van der Waals surface area contributed by atoms with Gasteiger partial charge in [-0.05, 0) is 49.4 Å². The van der Waals surface area contributed by atoms with Crippen LogP contribution in [-0.4, -0.2) is 56.7 Å². The molecule has 1 saturated carbocycles. The Labute approximate surface area is 208 Å². The smallest absolute Gasteiger partial charge is 0.230 e. The second-order valence-corrected chi connectivity index (χ2v) is 10.4. The number of carbonyl (C=O) groups is 1. The number of hydrogen-bond donors (Lipinski definition) is 0. The van der Waals surface area contributed by atoms with Crippen molar-refractivity contribution in [1.29, 1.82) is 0 Å². The molecule has 0 bridgehead atoms. The molecule has 2 aliphatic heterocycles. The average Bonchev–Trinajstić information content (AvgIpc) is 2.89. The van der Waals surface area contributed by atoms with Gasteiger partial charge in [0.1, 0.15) is 5.75 Å². The predicted octanol–water partition coefficient (Wildman–Crippen LogP) is 5.40. The van der Waals surface area contributed by atoms with Crippen molar-refractivity contribution in [2.45, 2.75) is 51.0 Å². The van der Waals surface area contributed by atoms with E-state index in [1.807, 2.05) is 12.1 Å². The second-order valence-electron chi connectivity index (χ2n) is 9.97. The van der Waals surface area contributed by atoms with Crippen LogP contribution in [0.15, 0.2) is 42.5 Å². The van der Waals surface area contributed by atoms with Gasteiger partial charge >= 0.3 is 0 Å². The molecule has 5 rings (SSSR count). The van der Waals surface area contributed by atoms with Crippen LogP contribution in [0.25, 0.3) is 0 Å². The lowest BCUT2D eigenvalue weighted by molar-refractivity contribution is -0.124. The summed E-state index contributed by atoms with van der Waals surface area (Å²) < 4.78 is 5.58. The fourth-order valence-corrected chi connectivity index (χ4v) is 6.17. The molecule has 0 N–H and O–H groups in total. The van der Waals surface area contributed by atoms with Crippen LogP contribution in [0, 0.1) is 5.92 Å². The van der Waals surface area contributed by atoms with Crippen LogP contribution in [0.3, 0.4) is 0 Å². The number of aryl methyl sites for hydroxylation is 1. The van der Waals surface area contributed by atoms with Crippen LogP contribution in [0.4, 0.5) is 11.4 Å². The average molecular weight is 482 g/mol. The minimum Gasteiger partial charge on any atom is -0.495 e. The van der Waals surface area contributed by atoms with E-state index in [1.54, 1.807) is 7.11 Å². The van der Waals surface area contributed by atoms with Gasteiger partial charge in [-0.25, -0.2) is 0 Å². The van der Waals surface area contributed by atoms with Gasteiger partial charge < -0.3 is 14.5 Å². The Morgan fingerprint density at radius 2 is 1.74 bits per heavy atom. The molecule has 2 aromatic rings. The third kappa shape index (κ3) is 4.92. The van der Waals surface area contributed by atoms with E-state index < -0.39 is 0 Å². The summed E-state index contributed by atoms with van der Waals surface area (Å²) in [5.74, 6) is 1.38. The molecule has 1 aliphatic carbocycles. The Kier molecular flexibility index (Phi) is 7.31. The summed E-state index contributed by atoms with van der Waals surface area (Å²) in [6.07, 6.45) is 7.83. The molecule has 34 heavy (non-hydrogen) atoms. The monoisotopic (exact) mass is 481 g/mol. The van der Waals surface area contributed by atoms with Crippen molar-refractivity contribution in [3.63, 3.8) is 0 Å². The maximum atomic E-state index is 13.8. The van der Waals surface area contributed by atoms with Gasteiger partial charge in [-0.15, -0.1) is 0 Å². The number of amides is 1. The number of piperazine rings is 1. The molecular formula is C28H36ClN3O2. The van der Waals surface area contributed by atoms with Crippen molar-refractivity contribution in [2.75, 3.05) is 49.6 Å². The maximum Gasteiger partial charge on any atom is 0.230 e. The van der Waals surface area contributed by atoms with Gasteiger partial charge in [0.25, 0.3) is 0 Å². The number of rotatable bonds is 5. The number of benzene rings is 2. The van der Waals surface area contributed by atoms with Crippen molar-refractivity contribution in [1.82, 2.24) is 4.90 Å². The van der Waals surface area contributed by atoms with Crippen molar-refractivity contribution in [3.8, 4) is 5.75 Å². The first-order valence-corrected chi connectivity index (χ1v) is 13.2. The van der Waals surface area contributed by atoms with Gasteiger partial charge in [-0.2, -0.15) is 0 Å². The van der Waals surface area contributed by atoms with Crippen LogP contribution in [-0.2, 0) is 11.2 Å². The van der Waals surface area contributed by atoms with E-state index in [2.05, 4.69) is 45.0 Å². The predicted molar refractivity (Wildman–Crippen MR) is 139 cm³/mol. The zero-order chi connectivity index (χ0) is 23.5. The second kappa shape index (κ2) is 10.6. The van der Waals surface area contributed by atoms with Gasteiger partial charge in [-0.1, -0.05) is 49.1 Å². The molecule has 182 valence electrons. The molecule has 3 aliphatic rings. The Bertz CT molecular complexity index is 999. The molecule has 2 aromatic carbocycles. The molecule has 5 nitrogen and oxygen atoms in total. The molecule has 2 heterocycles. The van der Waals surface area contributed by atoms with E-state index in [-0.39, 0.29) is 12.0 Å². The number of para-hydroxylation sites is 1. The van der Waals surface area contributed by atoms with E-state index in [0.29, 0.717) is 10.9 Å². The van der Waals surface area contributed by atoms with Gasteiger partial charge in [-0.3, -0.25) is 9.69 Å². The number of ether oxygens (including phenoxy) is 1. The fourth-order valence-electron chi connectivity index (χ4n) is 6.01. The van der Waals surface area contributed by atoms with Crippen molar-refractivity contribution in [3.05, 3.63) is 53.1 Å². The lowest BCUT2D eigenvalue weighted by atomic mass is 9.86. The van der Waals surface area contributed by atoms with Crippen LogP contribution in [0.5, 0.6) is 5.75 Å². The zero-order valence-corrected chi connectivity index (χ0v) is 21.0. The van der Waals surface area contributed by atoms with E-state index >= 15 is 0 Å². The zero-order valence-electron chi connectivity index (χ0n) is 20.2. The van der Waals surface area contributed by atoms with Crippen LogP contribution in [0.2, 0.25) is 5.02 Å². The molecule has 6 heteroatoms. The Balaban J connectivity index is 1.28. The summed E-state index contributed by atoms with van der Waals surface area (Å²) in [5, 5.41) is 0.694. The fraction of sp³-hybridized carbons (Fsp3) is 0.536. The summed E-state index contributed by atoms with van der Waals surface area (Å²) in [5.41, 5.74) is 3.58. The topological polar surface area (TPSA) is 36.0 Å². The van der Waals surface area contributed by atoms with Crippen molar-refractivity contribution >= 4 is 28.9 Å². The highest BCUT2D eigenvalue weighted by atomic mass is 35.5. The molecule has 0 radical (unpaired) electrons. The summed E-state index contributed by atoms with van der Waals surface area (Å²) in [4.78, 5) is 20.9. The standard InChI is InChI=1S/C28H36ClN3O2/c1-34-27-19-23(29)12-14-26(27)31-17-15-30(16-18-31)20-24-13-11-21-7-5-6-10-25(21)32(24)28(33)22-8-3-2-4-9-22/h5-7,10,12,14,19,22,24H,2-4,8-9,11,13,15-18,20H2,1H3. The number of hydrogen-bond acceptors (Lipinski definition) is 4. The minimum atomic E-state index is 0.191. The minimum absolute atomic E-state index is 0.191. The van der Waals surface area contributed by atoms with Gasteiger partial charge in [0.15, 0.2) is 0 Å². The van der Waals surface area contributed by atoms with Gasteiger partial charge in [0.05, 0.1) is 12.8 Å². The first-order valence-electron chi connectivity index (χ1n) is 12.9. The molecule has 2 fully saturated rings. The Morgan fingerprint density at radius 1 is 0.971 bits per heavy atom. The molecule has 1 amide bonds. The third-order valence-electron chi connectivity index (χ3n) is 7.88. The number of carbonyl (C=O) groups excluding carboxylic acids is 1. The van der Waals surface area contributed by atoms with Crippen LogP contribution < -0.4 is 14.5 Å². The molecule has 1 unspecified atom stereocenters. The SMILES string of the molecule is COc1cc(Cl)ccc1N1CCN(CC2CCc3ccccc3N2C(=O)C2CCCCC2)CC1. The molecule has 1 saturated heterocycles. The summed E-state index contributed by atoms with van der Waals surface area (Å²) in [7, 11) is 1.70. The number of anilines is 2. The number of methoxy groups -OCH3 is 1. The molecule has 1 atom stereocenters. The molecule has 0 spiro atoms. The summed E-state index contributed by atoms with van der Waals surface area (Å²) >= 11 is 6.16. The highest BCUT2D eigenvalue weighted by Gasteiger charge is 2.36. The van der Waals surface area contributed by atoms with E-state index in [9.17, 15) is 4.79 Å². The third-order valence-corrected chi connectivity index (χ3v) is 8.11. The van der Waals surface area contributed by atoms with Crippen LogP contribution >= 0.6 is 11.6 Å². The van der Waals surface area contributed by atoms with Gasteiger partial charge in [0, 0.05) is 61.5 Å². The molecular weight excluding hydrogens is 446 g/mol. The normalized spacial score (nSPS) is 21.9.